The van der Waals surface area contributed by atoms with E-state index in [4.69, 9.17) is 0 Å². The van der Waals surface area contributed by atoms with Crippen LogP contribution >= 0.6 is 0 Å². The molecule has 1 aromatic heterocycles. The van der Waals surface area contributed by atoms with E-state index in [1.54, 1.807) is 0 Å². The van der Waals surface area contributed by atoms with Crippen molar-refractivity contribution < 1.29 is 5.11 Å². The SMILES string of the molecule is Cc1ccnc(N2CCC(C)(CO)C2)c1. The van der Waals surface area contributed by atoms with Crippen LogP contribution in [0.4, 0.5) is 5.82 Å². The number of aliphatic hydroxyl groups excluding tert-OH is 1. The van der Waals surface area contributed by atoms with Gasteiger partial charge in [0.25, 0.3) is 0 Å². The number of aliphatic hydroxyl groups is 1. The van der Waals surface area contributed by atoms with Gasteiger partial charge in [0, 0.05) is 24.7 Å². The Labute approximate surface area is 90.8 Å². The van der Waals surface area contributed by atoms with Crippen LogP contribution in [0.1, 0.15) is 18.9 Å². The topological polar surface area (TPSA) is 36.4 Å². The van der Waals surface area contributed by atoms with E-state index in [-0.39, 0.29) is 12.0 Å². The molecule has 0 bridgehead atoms. The van der Waals surface area contributed by atoms with Crippen LogP contribution in [0, 0.1) is 12.3 Å². The Morgan fingerprint density at radius 1 is 1.60 bits per heavy atom. The molecule has 0 amide bonds. The molecule has 1 aromatic rings. The molecule has 0 saturated carbocycles. The highest BCUT2D eigenvalue weighted by molar-refractivity contribution is 5.42. The third-order valence-electron chi connectivity index (χ3n) is 3.16. The summed E-state index contributed by atoms with van der Waals surface area (Å²) < 4.78 is 0. The maximum absolute atomic E-state index is 9.30. The van der Waals surface area contributed by atoms with Crippen molar-refractivity contribution in [3.8, 4) is 0 Å². The standard InChI is InChI=1S/C12H18N2O/c1-10-3-5-13-11(7-10)14-6-4-12(2,8-14)9-15/h3,5,7,15H,4,6,8-9H2,1-2H3. The molecular formula is C12H18N2O. The average molecular weight is 206 g/mol. The fraction of sp³-hybridized carbons (Fsp3) is 0.583. The second-order valence-electron chi connectivity index (χ2n) is 4.83. The quantitative estimate of drug-likeness (QED) is 0.798. The molecule has 15 heavy (non-hydrogen) atoms. The van der Waals surface area contributed by atoms with Gasteiger partial charge in [0.05, 0.1) is 6.61 Å². The van der Waals surface area contributed by atoms with E-state index in [0.717, 1.165) is 25.3 Å². The lowest BCUT2D eigenvalue weighted by molar-refractivity contribution is 0.162. The monoisotopic (exact) mass is 206 g/mol. The van der Waals surface area contributed by atoms with Gasteiger partial charge < -0.3 is 10.0 Å². The van der Waals surface area contributed by atoms with E-state index in [1.807, 2.05) is 12.3 Å². The maximum Gasteiger partial charge on any atom is 0.128 e. The molecule has 0 aliphatic carbocycles. The van der Waals surface area contributed by atoms with Crippen molar-refractivity contribution in [2.75, 3.05) is 24.6 Å². The van der Waals surface area contributed by atoms with E-state index in [9.17, 15) is 5.11 Å². The van der Waals surface area contributed by atoms with E-state index in [2.05, 4.69) is 29.8 Å². The number of aryl methyl sites for hydroxylation is 1. The molecule has 2 heterocycles. The second-order valence-corrected chi connectivity index (χ2v) is 4.83. The van der Waals surface area contributed by atoms with Crippen molar-refractivity contribution in [1.29, 1.82) is 0 Å². The van der Waals surface area contributed by atoms with Gasteiger partial charge in [0.15, 0.2) is 0 Å². The first-order valence-electron chi connectivity index (χ1n) is 5.41. The minimum atomic E-state index is 0.0470. The molecule has 0 aromatic carbocycles. The number of anilines is 1. The lowest BCUT2D eigenvalue weighted by Gasteiger charge is -2.22. The van der Waals surface area contributed by atoms with Gasteiger partial charge in [-0.05, 0) is 31.0 Å². The summed E-state index contributed by atoms with van der Waals surface area (Å²) in [5.41, 5.74) is 1.28. The molecule has 3 heteroatoms. The minimum absolute atomic E-state index is 0.0470. The second kappa shape index (κ2) is 3.81. The van der Waals surface area contributed by atoms with E-state index in [1.165, 1.54) is 5.56 Å². The van der Waals surface area contributed by atoms with Crippen LogP contribution < -0.4 is 4.90 Å². The van der Waals surface area contributed by atoms with Gasteiger partial charge in [-0.25, -0.2) is 4.98 Å². The minimum Gasteiger partial charge on any atom is -0.396 e. The van der Waals surface area contributed by atoms with Crippen molar-refractivity contribution in [2.45, 2.75) is 20.3 Å². The fourth-order valence-electron chi connectivity index (χ4n) is 2.04. The predicted octanol–water partition coefficient (Wildman–Crippen LogP) is 1.60. The highest BCUT2D eigenvalue weighted by Gasteiger charge is 2.33. The molecule has 1 aliphatic heterocycles. The summed E-state index contributed by atoms with van der Waals surface area (Å²) in [6.45, 7) is 6.36. The number of nitrogens with zero attached hydrogens (tertiary/aromatic N) is 2. The Bertz CT molecular complexity index is 353. The molecule has 1 atom stereocenters. The smallest absolute Gasteiger partial charge is 0.128 e. The summed E-state index contributed by atoms with van der Waals surface area (Å²) in [5, 5.41) is 9.30. The third-order valence-corrected chi connectivity index (χ3v) is 3.16. The van der Waals surface area contributed by atoms with Gasteiger partial charge in [-0.15, -0.1) is 0 Å². The molecule has 0 radical (unpaired) electrons. The van der Waals surface area contributed by atoms with Gasteiger partial charge in [-0.1, -0.05) is 6.92 Å². The van der Waals surface area contributed by atoms with Crippen LogP contribution in [-0.4, -0.2) is 29.8 Å². The molecule has 1 N–H and O–H groups in total. The van der Waals surface area contributed by atoms with Gasteiger partial charge in [0.2, 0.25) is 0 Å². The lowest BCUT2D eigenvalue weighted by Crippen LogP contribution is -2.27. The predicted molar refractivity (Wildman–Crippen MR) is 61.0 cm³/mol. The van der Waals surface area contributed by atoms with Crippen LogP contribution in [0.3, 0.4) is 0 Å². The first-order valence-corrected chi connectivity index (χ1v) is 5.41. The van der Waals surface area contributed by atoms with Crippen LogP contribution in [0.25, 0.3) is 0 Å². The maximum atomic E-state index is 9.30. The van der Waals surface area contributed by atoms with Gasteiger partial charge in [-0.3, -0.25) is 0 Å². The molecule has 1 unspecified atom stereocenters. The number of rotatable bonds is 2. The van der Waals surface area contributed by atoms with Gasteiger partial charge >= 0.3 is 0 Å². The third kappa shape index (κ3) is 2.12. The highest BCUT2D eigenvalue weighted by atomic mass is 16.3. The summed E-state index contributed by atoms with van der Waals surface area (Å²) in [4.78, 5) is 6.62. The van der Waals surface area contributed by atoms with E-state index in [0.29, 0.717) is 0 Å². The van der Waals surface area contributed by atoms with Crippen molar-refractivity contribution in [3.05, 3.63) is 23.9 Å². The number of hydrogen-bond donors (Lipinski definition) is 1. The Kier molecular flexibility index (Phi) is 2.65. The Morgan fingerprint density at radius 2 is 2.40 bits per heavy atom. The Balaban J connectivity index is 2.14. The largest absolute Gasteiger partial charge is 0.396 e. The summed E-state index contributed by atoms with van der Waals surface area (Å²) in [5.74, 6) is 1.03. The van der Waals surface area contributed by atoms with E-state index >= 15 is 0 Å². The van der Waals surface area contributed by atoms with Crippen molar-refractivity contribution in [2.24, 2.45) is 5.41 Å². The average Bonchev–Trinajstić information content (AvgIpc) is 2.62. The van der Waals surface area contributed by atoms with Crippen LogP contribution in [0.15, 0.2) is 18.3 Å². The first kappa shape index (κ1) is 10.4. The molecule has 0 spiro atoms. The molecule has 1 saturated heterocycles. The fourth-order valence-corrected chi connectivity index (χ4v) is 2.04. The lowest BCUT2D eigenvalue weighted by atomic mass is 9.91. The molecule has 2 rings (SSSR count). The summed E-state index contributed by atoms with van der Waals surface area (Å²) in [6.07, 6.45) is 2.89. The van der Waals surface area contributed by atoms with Crippen LogP contribution in [0.2, 0.25) is 0 Å². The molecule has 82 valence electrons. The van der Waals surface area contributed by atoms with Crippen molar-refractivity contribution in [1.82, 2.24) is 4.98 Å². The zero-order valence-electron chi connectivity index (χ0n) is 9.40. The molecule has 3 nitrogen and oxygen atoms in total. The van der Waals surface area contributed by atoms with Crippen molar-refractivity contribution >= 4 is 5.82 Å². The molecule has 1 aliphatic rings. The molecule has 1 fully saturated rings. The van der Waals surface area contributed by atoms with Crippen LogP contribution in [-0.2, 0) is 0 Å². The number of pyridine rings is 1. The van der Waals surface area contributed by atoms with Crippen molar-refractivity contribution in [3.63, 3.8) is 0 Å². The highest BCUT2D eigenvalue weighted by Crippen LogP contribution is 2.31. The zero-order valence-corrected chi connectivity index (χ0v) is 9.40. The Hall–Kier alpha value is -1.09. The Morgan fingerprint density at radius 3 is 3.00 bits per heavy atom. The summed E-state index contributed by atoms with van der Waals surface area (Å²) in [6, 6.07) is 4.11. The van der Waals surface area contributed by atoms with Gasteiger partial charge in [0.1, 0.15) is 5.82 Å². The molecular weight excluding hydrogens is 188 g/mol. The zero-order chi connectivity index (χ0) is 10.9. The van der Waals surface area contributed by atoms with E-state index < -0.39 is 0 Å². The summed E-state index contributed by atoms with van der Waals surface area (Å²) in [7, 11) is 0. The number of aromatic nitrogens is 1. The van der Waals surface area contributed by atoms with Gasteiger partial charge in [-0.2, -0.15) is 0 Å². The number of hydrogen-bond acceptors (Lipinski definition) is 3. The summed E-state index contributed by atoms with van der Waals surface area (Å²) >= 11 is 0. The van der Waals surface area contributed by atoms with Crippen LogP contribution in [0.5, 0.6) is 0 Å². The normalized spacial score (nSPS) is 25.9. The first-order chi connectivity index (χ1) is 7.13.